The standard InChI is InChI=1S/C21H28N2O4/c1-5-6-7-15(23-14-10-8-13(22)9-11-14)17-16(24)12-21(2,3)18(19(17)25)20(26)27-4/h8-11,18,25H,5-7,12,22H2,1-4H3/t18-/m1/s1. The van der Waals surface area contributed by atoms with Crippen molar-refractivity contribution >= 4 is 28.8 Å². The second kappa shape index (κ2) is 8.37. The molecule has 6 nitrogen and oxygen atoms in total. The Hall–Kier alpha value is -2.63. The summed E-state index contributed by atoms with van der Waals surface area (Å²) in [6.07, 6.45) is 2.39. The topological polar surface area (TPSA) is 102 Å². The number of hydrogen-bond donors (Lipinski definition) is 2. The molecule has 1 aromatic rings. The summed E-state index contributed by atoms with van der Waals surface area (Å²) in [4.78, 5) is 29.8. The molecule has 1 aliphatic rings. The number of nitrogen functional groups attached to an aromatic ring is 1. The number of Topliss-reactive ketones (excluding diaryl/α,β-unsaturated/α-hetero) is 1. The Labute approximate surface area is 160 Å². The van der Waals surface area contributed by atoms with Crippen LogP contribution in [0.25, 0.3) is 0 Å². The van der Waals surface area contributed by atoms with Gasteiger partial charge in [0.15, 0.2) is 5.78 Å². The molecule has 1 atom stereocenters. The Morgan fingerprint density at radius 2 is 1.96 bits per heavy atom. The van der Waals surface area contributed by atoms with Crippen molar-refractivity contribution in [2.75, 3.05) is 12.8 Å². The molecule has 1 aromatic carbocycles. The number of benzene rings is 1. The van der Waals surface area contributed by atoms with Crippen molar-refractivity contribution in [1.82, 2.24) is 0 Å². The van der Waals surface area contributed by atoms with Crippen molar-refractivity contribution in [1.29, 1.82) is 0 Å². The van der Waals surface area contributed by atoms with E-state index < -0.39 is 17.3 Å². The van der Waals surface area contributed by atoms with Crippen LogP contribution < -0.4 is 5.73 Å². The summed E-state index contributed by atoms with van der Waals surface area (Å²) in [6.45, 7) is 5.60. The number of aliphatic hydroxyl groups excluding tert-OH is 1. The molecule has 2 rings (SSSR count). The minimum Gasteiger partial charge on any atom is -0.511 e. The molecule has 0 heterocycles. The van der Waals surface area contributed by atoms with Crippen molar-refractivity contribution < 1.29 is 19.4 Å². The number of rotatable bonds is 6. The van der Waals surface area contributed by atoms with Crippen molar-refractivity contribution in [2.45, 2.75) is 46.5 Å². The molecule has 0 spiro atoms. The number of esters is 1. The highest BCUT2D eigenvalue weighted by Gasteiger charge is 2.47. The zero-order valence-corrected chi connectivity index (χ0v) is 16.4. The first-order valence-electron chi connectivity index (χ1n) is 9.19. The number of ketones is 1. The number of carbonyl (C=O) groups excluding carboxylic acids is 2. The summed E-state index contributed by atoms with van der Waals surface area (Å²) >= 11 is 0. The van der Waals surface area contributed by atoms with E-state index in [0.29, 0.717) is 23.5 Å². The van der Waals surface area contributed by atoms with Gasteiger partial charge in [-0.05, 0) is 42.5 Å². The maximum absolute atomic E-state index is 12.9. The number of nitrogens with two attached hydrogens (primary N) is 1. The van der Waals surface area contributed by atoms with E-state index in [1.54, 1.807) is 38.1 Å². The molecular formula is C21H28N2O4. The van der Waals surface area contributed by atoms with E-state index in [2.05, 4.69) is 4.99 Å². The van der Waals surface area contributed by atoms with Crippen LogP contribution in [-0.4, -0.2) is 29.7 Å². The van der Waals surface area contributed by atoms with Gasteiger partial charge in [-0.3, -0.25) is 14.6 Å². The zero-order chi connectivity index (χ0) is 20.2. The first-order valence-corrected chi connectivity index (χ1v) is 9.19. The van der Waals surface area contributed by atoms with Crippen LogP contribution in [-0.2, 0) is 14.3 Å². The van der Waals surface area contributed by atoms with Gasteiger partial charge in [0.1, 0.15) is 11.7 Å². The van der Waals surface area contributed by atoms with E-state index in [9.17, 15) is 14.7 Å². The number of aliphatic hydroxyl groups is 1. The van der Waals surface area contributed by atoms with E-state index in [1.807, 2.05) is 6.92 Å². The molecule has 3 N–H and O–H groups in total. The Morgan fingerprint density at radius 3 is 2.52 bits per heavy atom. The third kappa shape index (κ3) is 4.56. The van der Waals surface area contributed by atoms with Gasteiger partial charge in [-0.25, -0.2) is 0 Å². The van der Waals surface area contributed by atoms with E-state index in [-0.39, 0.29) is 23.5 Å². The molecule has 0 aromatic heterocycles. The highest BCUT2D eigenvalue weighted by atomic mass is 16.5. The van der Waals surface area contributed by atoms with Crippen LogP contribution in [0.4, 0.5) is 11.4 Å². The lowest BCUT2D eigenvalue weighted by molar-refractivity contribution is -0.150. The third-order valence-corrected chi connectivity index (χ3v) is 4.86. The average molecular weight is 372 g/mol. The van der Waals surface area contributed by atoms with Gasteiger partial charge < -0.3 is 15.6 Å². The molecule has 0 amide bonds. The lowest BCUT2D eigenvalue weighted by Crippen LogP contribution is -2.41. The predicted octanol–water partition coefficient (Wildman–Crippen LogP) is 4.13. The quantitative estimate of drug-likeness (QED) is 0.444. The monoisotopic (exact) mass is 372 g/mol. The number of aliphatic imine (C=N–C) groups is 1. The summed E-state index contributed by atoms with van der Waals surface area (Å²) in [6, 6.07) is 6.98. The molecule has 1 aliphatic carbocycles. The summed E-state index contributed by atoms with van der Waals surface area (Å²) in [5.74, 6) is -1.89. The molecular weight excluding hydrogens is 344 g/mol. The number of anilines is 1. The van der Waals surface area contributed by atoms with Crippen molar-refractivity contribution in [3.8, 4) is 0 Å². The van der Waals surface area contributed by atoms with Crippen LogP contribution >= 0.6 is 0 Å². The van der Waals surface area contributed by atoms with Crippen LogP contribution in [0, 0.1) is 11.3 Å². The summed E-state index contributed by atoms with van der Waals surface area (Å²) in [5, 5.41) is 10.9. The van der Waals surface area contributed by atoms with Crippen LogP contribution in [0.5, 0.6) is 0 Å². The lowest BCUT2D eigenvalue weighted by atomic mass is 9.67. The normalized spacial score (nSPS) is 19.9. The molecule has 0 unspecified atom stereocenters. The highest BCUT2D eigenvalue weighted by molar-refractivity contribution is 6.24. The van der Waals surface area contributed by atoms with Crippen LogP contribution in [0.2, 0.25) is 0 Å². The fourth-order valence-electron chi connectivity index (χ4n) is 3.40. The van der Waals surface area contributed by atoms with E-state index >= 15 is 0 Å². The number of ether oxygens (including phenoxy) is 1. The highest BCUT2D eigenvalue weighted by Crippen LogP contribution is 2.43. The van der Waals surface area contributed by atoms with Gasteiger partial charge in [0.05, 0.1) is 24.1 Å². The van der Waals surface area contributed by atoms with Crippen molar-refractivity contribution in [3.05, 3.63) is 35.6 Å². The Bertz CT molecular complexity index is 776. The maximum atomic E-state index is 12.9. The first kappa shape index (κ1) is 20.7. The second-order valence-corrected chi connectivity index (χ2v) is 7.56. The van der Waals surface area contributed by atoms with Crippen LogP contribution in [0.3, 0.4) is 0 Å². The fraction of sp³-hybridized carbons (Fsp3) is 0.476. The molecule has 0 saturated heterocycles. The van der Waals surface area contributed by atoms with Crippen LogP contribution in [0.15, 0.2) is 40.6 Å². The van der Waals surface area contributed by atoms with Gasteiger partial charge in [0, 0.05) is 12.1 Å². The molecule has 0 bridgehead atoms. The smallest absolute Gasteiger partial charge is 0.316 e. The third-order valence-electron chi connectivity index (χ3n) is 4.86. The number of methoxy groups -OCH3 is 1. The van der Waals surface area contributed by atoms with Gasteiger partial charge >= 0.3 is 5.97 Å². The summed E-state index contributed by atoms with van der Waals surface area (Å²) < 4.78 is 4.87. The number of allylic oxidation sites excluding steroid dienone is 1. The molecule has 6 heteroatoms. The van der Waals surface area contributed by atoms with Crippen molar-refractivity contribution in [2.24, 2.45) is 16.3 Å². The second-order valence-electron chi connectivity index (χ2n) is 7.56. The lowest BCUT2D eigenvalue weighted by Gasteiger charge is -2.36. The largest absolute Gasteiger partial charge is 0.511 e. The summed E-state index contributed by atoms with van der Waals surface area (Å²) in [5.41, 5.74) is 6.89. The Balaban J connectivity index is 2.59. The molecule has 0 radical (unpaired) electrons. The van der Waals surface area contributed by atoms with Crippen molar-refractivity contribution in [3.63, 3.8) is 0 Å². The van der Waals surface area contributed by atoms with Crippen LogP contribution in [0.1, 0.15) is 46.5 Å². The van der Waals surface area contributed by atoms with Gasteiger partial charge in [-0.15, -0.1) is 0 Å². The number of hydrogen-bond acceptors (Lipinski definition) is 6. The van der Waals surface area contributed by atoms with E-state index in [0.717, 1.165) is 12.8 Å². The molecule has 0 fully saturated rings. The minimum absolute atomic E-state index is 0.138. The minimum atomic E-state index is -0.895. The van der Waals surface area contributed by atoms with Gasteiger partial charge in [-0.2, -0.15) is 0 Å². The molecule has 146 valence electrons. The first-order chi connectivity index (χ1) is 12.7. The van der Waals surface area contributed by atoms with Gasteiger partial charge in [0.25, 0.3) is 0 Å². The predicted molar refractivity (Wildman–Crippen MR) is 106 cm³/mol. The number of nitrogens with zero attached hydrogens (tertiary/aromatic N) is 1. The Morgan fingerprint density at radius 1 is 1.33 bits per heavy atom. The van der Waals surface area contributed by atoms with Gasteiger partial charge in [-0.1, -0.05) is 27.2 Å². The molecule has 0 saturated carbocycles. The van der Waals surface area contributed by atoms with Gasteiger partial charge in [0.2, 0.25) is 0 Å². The fourth-order valence-corrected chi connectivity index (χ4v) is 3.40. The molecule has 0 aliphatic heterocycles. The van der Waals surface area contributed by atoms with E-state index in [1.165, 1.54) is 7.11 Å². The maximum Gasteiger partial charge on any atom is 0.316 e. The zero-order valence-electron chi connectivity index (χ0n) is 16.4. The Kier molecular flexibility index (Phi) is 6.41. The molecule has 27 heavy (non-hydrogen) atoms. The SMILES string of the molecule is CCCCC(=Nc1ccc(N)cc1)C1=C(O)[C@H](C(=O)OC)C(C)(C)CC1=O. The summed E-state index contributed by atoms with van der Waals surface area (Å²) in [7, 11) is 1.28. The average Bonchev–Trinajstić information content (AvgIpc) is 2.59. The number of unbranched alkanes of at least 4 members (excludes halogenated alkanes) is 1. The number of carbonyl (C=O) groups is 2. The van der Waals surface area contributed by atoms with E-state index in [4.69, 9.17) is 10.5 Å².